The van der Waals surface area contributed by atoms with Crippen molar-refractivity contribution in [1.29, 1.82) is 0 Å². The zero-order valence-corrected chi connectivity index (χ0v) is 13.6. The van der Waals surface area contributed by atoms with Crippen molar-refractivity contribution >= 4 is 21.5 Å². The van der Waals surface area contributed by atoms with E-state index in [1.54, 1.807) is 12.1 Å². The molecule has 0 N–H and O–H groups in total. The van der Waals surface area contributed by atoms with Gasteiger partial charge in [0.25, 0.3) is 0 Å². The van der Waals surface area contributed by atoms with Crippen molar-refractivity contribution in [2.75, 3.05) is 0 Å². The lowest BCUT2D eigenvalue weighted by Gasteiger charge is -2.18. The lowest BCUT2D eigenvalue weighted by atomic mass is 9.87. The molecule has 0 aliphatic heterocycles. The van der Waals surface area contributed by atoms with E-state index in [2.05, 4.69) is 0 Å². The maximum Gasteiger partial charge on any atom is 0.198 e. The lowest BCUT2D eigenvalue weighted by Crippen LogP contribution is -2.05. The van der Waals surface area contributed by atoms with Crippen LogP contribution in [0.1, 0.15) is 37.8 Å². The molecule has 0 amide bonds. The Labute approximate surface area is 138 Å². The highest BCUT2D eigenvalue weighted by molar-refractivity contribution is 6.11. The molecule has 0 saturated carbocycles. The van der Waals surface area contributed by atoms with Gasteiger partial charge in [-0.1, -0.05) is 51.0 Å². The molecule has 0 aliphatic rings. The molecule has 4 heteroatoms. The van der Waals surface area contributed by atoms with E-state index in [1.165, 1.54) is 0 Å². The molecular weight excluding hydrogens is 316 g/mol. The zero-order valence-electron chi connectivity index (χ0n) is 13.6. The minimum Gasteiger partial charge on any atom is -0.203 e. The Hall–Kier alpha value is -2.10. The average Bonchev–Trinajstić information content (AvgIpc) is 2.59. The molecule has 0 aliphatic carbocycles. The van der Waals surface area contributed by atoms with Gasteiger partial charge in [0, 0.05) is 10.8 Å². The summed E-state index contributed by atoms with van der Waals surface area (Å²) in [6.07, 6.45) is 2.67. The van der Waals surface area contributed by atoms with Crippen LogP contribution in [0.15, 0.2) is 24.3 Å². The summed E-state index contributed by atoms with van der Waals surface area (Å²) in [6.45, 7) is 3.92. The van der Waals surface area contributed by atoms with E-state index in [9.17, 15) is 17.6 Å². The van der Waals surface area contributed by atoms with Gasteiger partial charge < -0.3 is 0 Å². The molecule has 126 valence electrons. The maximum atomic E-state index is 14.6. The number of fused-ring (bicyclic) bond motifs is 3. The predicted octanol–water partition coefficient (Wildman–Crippen LogP) is 6.45. The Morgan fingerprint density at radius 1 is 0.625 bits per heavy atom. The van der Waals surface area contributed by atoms with Gasteiger partial charge in [-0.3, -0.25) is 0 Å². The molecule has 3 aromatic rings. The Morgan fingerprint density at radius 3 is 1.71 bits per heavy atom. The number of benzene rings is 3. The van der Waals surface area contributed by atoms with Crippen LogP contribution < -0.4 is 0 Å². The van der Waals surface area contributed by atoms with Crippen LogP contribution >= 0.6 is 0 Å². The first-order valence-electron chi connectivity index (χ1n) is 8.20. The Kier molecular flexibility index (Phi) is 4.48. The van der Waals surface area contributed by atoms with Gasteiger partial charge in [0.15, 0.2) is 23.3 Å². The largest absolute Gasteiger partial charge is 0.203 e. The van der Waals surface area contributed by atoms with Gasteiger partial charge in [0.05, 0.1) is 0 Å². The molecule has 0 saturated heterocycles. The molecular formula is C20H18F4. The lowest BCUT2D eigenvalue weighted by molar-refractivity contribution is 0.418. The smallest absolute Gasteiger partial charge is 0.198 e. The van der Waals surface area contributed by atoms with E-state index in [4.69, 9.17) is 0 Å². The first kappa shape index (κ1) is 16.7. The summed E-state index contributed by atoms with van der Waals surface area (Å²) in [6, 6.07) is 6.97. The third-order valence-corrected chi connectivity index (χ3v) is 4.45. The SMILES string of the molecule is CCCc1c(CCC)c2c(F)c(F)c(F)c(F)c2c2ccccc12. The third-order valence-electron chi connectivity index (χ3n) is 4.45. The molecule has 0 heterocycles. The zero-order chi connectivity index (χ0) is 17.4. The molecule has 24 heavy (non-hydrogen) atoms. The molecule has 3 aromatic carbocycles. The van der Waals surface area contributed by atoms with Crippen molar-refractivity contribution in [2.45, 2.75) is 39.5 Å². The highest BCUT2D eigenvalue weighted by Crippen LogP contribution is 2.39. The highest BCUT2D eigenvalue weighted by Gasteiger charge is 2.26. The van der Waals surface area contributed by atoms with E-state index in [0.29, 0.717) is 30.2 Å². The number of hydrogen-bond donors (Lipinski definition) is 0. The van der Waals surface area contributed by atoms with Crippen molar-refractivity contribution in [3.63, 3.8) is 0 Å². The van der Waals surface area contributed by atoms with Gasteiger partial charge in [-0.2, -0.15) is 0 Å². The van der Waals surface area contributed by atoms with Crippen molar-refractivity contribution < 1.29 is 17.6 Å². The van der Waals surface area contributed by atoms with Gasteiger partial charge in [-0.25, -0.2) is 17.6 Å². The summed E-state index contributed by atoms with van der Waals surface area (Å²) in [5, 5.41) is 0.923. The predicted molar refractivity (Wildman–Crippen MR) is 89.3 cm³/mol. The van der Waals surface area contributed by atoms with Crippen LogP contribution in [-0.4, -0.2) is 0 Å². The third kappa shape index (κ3) is 2.36. The fraction of sp³-hybridized carbons (Fsp3) is 0.300. The minimum atomic E-state index is -1.75. The van der Waals surface area contributed by atoms with Gasteiger partial charge in [-0.05, 0) is 34.7 Å². The topological polar surface area (TPSA) is 0 Å². The fourth-order valence-corrected chi connectivity index (χ4v) is 3.51. The van der Waals surface area contributed by atoms with Crippen LogP contribution in [0.3, 0.4) is 0 Å². The van der Waals surface area contributed by atoms with E-state index < -0.39 is 23.3 Å². The van der Waals surface area contributed by atoms with Gasteiger partial charge in [-0.15, -0.1) is 0 Å². The van der Waals surface area contributed by atoms with Gasteiger partial charge in [0.1, 0.15) is 0 Å². The van der Waals surface area contributed by atoms with Crippen LogP contribution in [-0.2, 0) is 12.8 Å². The summed E-state index contributed by atoms with van der Waals surface area (Å²) in [7, 11) is 0. The summed E-state index contributed by atoms with van der Waals surface area (Å²) in [4.78, 5) is 0. The second-order valence-corrected chi connectivity index (χ2v) is 6.01. The van der Waals surface area contributed by atoms with E-state index >= 15 is 0 Å². The molecule has 0 atom stereocenters. The van der Waals surface area contributed by atoms with E-state index in [-0.39, 0.29) is 10.8 Å². The molecule has 0 nitrogen and oxygen atoms in total. The first-order valence-corrected chi connectivity index (χ1v) is 8.20. The Morgan fingerprint density at radius 2 is 1.12 bits per heavy atom. The number of rotatable bonds is 4. The second kappa shape index (κ2) is 6.42. The Bertz CT molecular complexity index is 928. The van der Waals surface area contributed by atoms with E-state index in [1.807, 2.05) is 26.0 Å². The van der Waals surface area contributed by atoms with Crippen LogP contribution in [0.25, 0.3) is 21.5 Å². The first-order chi connectivity index (χ1) is 11.5. The summed E-state index contributed by atoms with van der Waals surface area (Å²) < 4.78 is 56.8. The molecule has 0 fully saturated rings. The number of aryl methyl sites for hydroxylation is 2. The summed E-state index contributed by atoms with van der Waals surface area (Å²) in [5.41, 5.74) is 1.48. The second-order valence-electron chi connectivity index (χ2n) is 6.01. The molecule has 0 aromatic heterocycles. The average molecular weight is 334 g/mol. The highest BCUT2D eigenvalue weighted by atomic mass is 19.2. The quantitative estimate of drug-likeness (QED) is 0.222. The number of hydrogen-bond acceptors (Lipinski definition) is 0. The standard InChI is InChI=1S/C20H18F4/c1-3-7-11-12-9-5-6-10-14(12)16-15(13(11)8-4-2)17(21)19(23)20(24)18(16)22/h5-6,9-10H,3-4,7-8H2,1-2H3. The number of halogens is 4. The van der Waals surface area contributed by atoms with Crippen molar-refractivity contribution in [1.82, 2.24) is 0 Å². The monoisotopic (exact) mass is 334 g/mol. The van der Waals surface area contributed by atoms with Crippen LogP contribution in [0, 0.1) is 23.3 Å². The van der Waals surface area contributed by atoms with Gasteiger partial charge >= 0.3 is 0 Å². The van der Waals surface area contributed by atoms with Crippen molar-refractivity contribution in [3.05, 3.63) is 58.7 Å². The van der Waals surface area contributed by atoms with Gasteiger partial charge in [0.2, 0.25) is 0 Å². The fourth-order valence-electron chi connectivity index (χ4n) is 3.51. The molecule has 0 radical (unpaired) electrons. The normalized spacial score (nSPS) is 11.6. The van der Waals surface area contributed by atoms with Crippen LogP contribution in [0.2, 0.25) is 0 Å². The van der Waals surface area contributed by atoms with Crippen LogP contribution in [0.5, 0.6) is 0 Å². The molecule has 3 rings (SSSR count). The van der Waals surface area contributed by atoms with Crippen molar-refractivity contribution in [2.24, 2.45) is 0 Å². The molecule has 0 spiro atoms. The van der Waals surface area contributed by atoms with E-state index in [0.717, 1.165) is 17.4 Å². The summed E-state index contributed by atoms with van der Waals surface area (Å²) in [5.74, 6) is -6.11. The van der Waals surface area contributed by atoms with Crippen LogP contribution in [0.4, 0.5) is 17.6 Å². The minimum absolute atomic E-state index is 0.115. The molecule has 0 bridgehead atoms. The van der Waals surface area contributed by atoms with Crippen molar-refractivity contribution in [3.8, 4) is 0 Å². The maximum absolute atomic E-state index is 14.6. The summed E-state index contributed by atoms with van der Waals surface area (Å²) >= 11 is 0. The molecule has 0 unspecified atom stereocenters. The Balaban J connectivity index is 2.65.